The van der Waals surface area contributed by atoms with Gasteiger partial charge in [0.2, 0.25) is 5.95 Å². The van der Waals surface area contributed by atoms with Crippen LogP contribution in [0, 0.1) is 6.92 Å². The summed E-state index contributed by atoms with van der Waals surface area (Å²) < 4.78 is 0.918. The highest BCUT2D eigenvalue weighted by Crippen LogP contribution is 2.28. The molecule has 7 heteroatoms. The van der Waals surface area contributed by atoms with Gasteiger partial charge < -0.3 is 5.32 Å². The van der Waals surface area contributed by atoms with E-state index >= 15 is 0 Å². The molecule has 0 saturated heterocycles. The first kappa shape index (κ1) is 13.1. The van der Waals surface area contributed by atoms with E-state index in [-0.39, 0.29) is 0 Å². The van der Waals surface area contributed by atoms with Crippen molar-refractivity contribution in [1.82, 2.24) is 9.97 Å². The summed E-state index contributed by atoms with van der Waals surface area (Å²) in [5, 5.41) is 3.74. The van der Waals surface area contributed by atoms with Gasteiger partial charge in [0.25, 0.3) is 0 Å². The maximum Gasteiger partial charge on any atom is 0.239 e. The van der Waals surface area contributed by atoms with Crippen molar-refractivity contribution in [3.8, 4) is 0 Å². The maximum absolute atomic E-state index is 6.13. The minimum Gasteiger partial charge on any atom is -0.339 e. The van der Waals surface area contributed by atoms with E-state index in [1.807, 2.05) is 25.1 Å². The Morgan fingerprint density at radius 1 is 1.39 bits per heavy atom. The zero-order valence-electron chi connectivity index (χ0n) is 9.54. The second kappa shape index (κ2) is 5.51. The Bertz CT molecular complexity index is 575. The third-order valence-electron chi connectivity index (χ3n) is 2.29. The van der Waals surface area contributed by atoms with Crippen LogP contribution < -0.4 is 16.6 Å². The summed E-state index contributed by atoms with van der Waals surface area (Å²) in [4.78, 5) is 8.23. The lowest BCUT2D eigenvalue weighted by atomic mass is 10.3. The zero-order chi connectivity index (χ0) is 13.1. The number of nitrogens with one attached hydrogen (secondary N) is 2. The number of rotatable bonds is 3. The van der Waals surface area contributed by atoms with Gasteiger partial charge in [0.15, 0.2) is 0 Å². The molecule has 18 heavy (non-hydrogen) atoms. The molecule has 94 valence electrons. The molecule has 0 bridgehead atoms. The minimum absolute atomic E-state index is 0.344. The lowest BCUT2D eigenvalue weighted by molar-refractivity contribution is 1.09. The number of nitrogen functional groups attached to an aromatic ring is 1. The van der Waals surface area contributed by atoms with Gasteiger partial charge >= 0.3 is 0 Å². The van der Waals surface area contributed by atoms with Crippen molar-refractivity contribution in [3.05, 3.63) is 39.5 Å². The molecule has 1 aromatic heterocycles. The van der Waals surface area contributed by atoms with Crippen molar-refractivity contribution in [2.24, 2.45) is 5.84 Å². The zero-order valence-corrected chi connectivity index (χ0v) is 11.9. The first-order chi connectivity index (χ1) is 8.60. The van der Waals surface area contributed by atoms with E-state index in [9.17, 15) is 0 Å². The van der Waals surface area contributed by atoms with E-state index in [0.29, 0.717) is 16.8 Å². The Labute approximate surface area is 118 Å². The highest BCUT2D eigenvalue weighted by molar-refractivity contribution is 9.10. The van der Waals surface area contributed by atoms with Crippen LogP contribution in [0.25, 0.3) is 0 Å². The first-order valence-electron chi connectivity index (χ1n) is 5.12. The number of hydrogen-bond donors (Lipinski definition) is 3. The topological polar surface area (TPSA) is 75.9 Å². The lowest BCUT2D eigenvalue weighted by Crippen LogP contribution is -2.11. The number of nitrogens with zero attached hydrogens (tertiary/aromatic N) is 2. The predicted molar refractivity (Wildman–Crippen MR) is 77.0 cm³/mol. The molecule has 4 N–H and O–H groups in total. The van der Waals surface area contributed by atoms with E-state index in [0.717, 1.165) is 15.7 Å². The fourth-order valence-corrected chi connectivity index (χ4v) is 2.08. The van der Waals surface area contributed by atoms with Crippen molar-refractivity contribution >= 4 is 45.0 Å². The SMILES string of the molecule is Cc1cnc(NN)nc1Nc1ccc(Br)cc1Cl. The molecule has 0 aliphatic rings. The predicted octanol–water partition coefficient (Wildman–Crippen LogP) is 3.23. The molecule has 1 heterocycles. The van der Waals surface area contributed by atoms with Gasteiger partial charge in [0, 0.05) is 16.2 Å². The molecule has 0 aliphatic carbocycles. The maximum atomic E-state index is 6.13. The van der Waals surface area contributed by atoms with Crippen LogP contribution in [0.3, 0.4) is 0 Å². The van der Waals surface area contributed by atoms with Gasteiger partial charge in [-0.3, -0.25) is 5.43 Å². The molecule has 5 nitrogen and oxygen atoms in total. The van der Waals surface area contributed by atoms with Crippen molar-refractivity contribution in [3.63, 3.8) is 0 Å². The van der Waals surface area contributed by atoms with Crippen molar-refractivity contribution in [2.75, 3.05) is 10.7 Å². The minimum atomic E-state index is 0.344. The second-order valence-corrected chi connectivity index (χ2v) is 4.94. The first-order valence-corrected chi connectivity index (χ1v) is 6.29. The average molecular weight is 329 g/mol. The number of aromatic nitrogens is 2. The number of hydrazine groups is 1. The third kappa shape index (κ3) is 2.90. The molecule has 0 saturated carbocycles. The molecule has 2 rings (SSSR count). The molecular formula is C11H11BrClN5. The number of hydrogen-bond acceptors (Lipinski definition) is 5. The van der Waals surface area contributed by atoms with Crippen LogP contribution in [-0.4, -0.2) is 9.97 Å². The molecule has 0 atom stereocenters. The van der Waals surface area contributed by atoms with Gasteiger partial charge in [-0.15, -0.1) is 0 Å². The molecule has 0 radical (unpaired) electrons. The number of nitrogens with two attached hydrogens (primary N) is 1. The summed E-state index contributed by atoms with van der Waals surface area (Å²) in [5.74, 6) is 6.28. The van der Waals surface area contributed by atoms with E-state index < -0.39 is 0 Å². The quantitative estimate of drug-likeness (QED) is 0.596. The van der Waals surface area contributed by atoms with E-state index in [4.69, 9.17) is 17.4 Å². The van der Waals surface area contributed by atoms with E-state index in [2.05, 4.69) is 36.6 Å². The molecule has 0 aliphatic heterocycles. The largest absolute Gasteiger partial charge is 0.339 e. The van der Waals surface area contributed by atoms with Crippen LogP contribution in [0.1, 0.15) is 5.56 Å². The van der Waals surface area contributed by atoms with Crippen LogP contribution in [0.5, 0.6) is 0 Å². The van der Waals surface area contributed by atoms with Crippen LogP contribution in [0.2, 0.25) is 5.02 Å². The Morgan fingerprint density at radius 2 is 2.17 bits per heavy atom. The average Bonchev–Trinajstić information content (AvgIpc) is 2.35. The number of benzene rings is 1. The van der Waals surface area contributed by atoms with Gasteiger partial charge in [0.1, 0.15) is 5.82 Å². The molecule has 2 aromatic rings. The van der Waals surface area contributed by atoms with Crippen LogP contribution in [0.15, 0.2) is 28.9 Å². The monoisotopic (exact) mass is 327 g/mol. The lowest BCUT2D eigenvalue weighted by Gasteiger charge is -2.11. The highest BCUT2D eigenvalue weighted by Gasteiger charge is 2.06. The molecule has 0 amide bonds. The molecular weight excluding hydrogens is 318 g/mol. The van der Waals surface area contributed by atoms with Crippen LogP contribution in [0.4, 0.5) is 17.5 Å². The van der Waals surface area contributed by atoms with Gasteiger partial charge in [-0.05, 0) is 25.1 Å². The number of aryl methyl sites for hydroxylation is 1. The highest BCUT2D eigenvalue weighted by atomic mass is 79.9. The molecule has 1 aromatic carbocycles. The molecule has 0 fully saturated rings. The van der Waals surface area contributed by atoms with Crippen molar-refractivity contribution in [1.29, 1.82) is 0 Å². The van der Waals surface area contributed by atoms with Gasteiger partial charge in [-0.25, -0.2) is 10.8 Å². The molecule has 0 spiro atoms. The summed E-state index contributed by atoms with van der Waals surface area (Å²) in [6.07, 6.45) is 1.68. The van der Waals surface area contributed by atoms with E-state index in [1.165, 1.54) is 0 Å². The van der Waals surface area contributed by atoms with E-state index in [1.54, 1.807) is 6.20 Å². The summed E-state index contributed by atoms with van der Waals surface area (Å²) in [5.41, 5.74) is 4.07. The van der Waals surface area contributed by atoms with Crippen LogP contribution >= 0.6 is 27.5 Å². The van der Waals surface area contributed by atoms with Crippen LogP contribution in [-0.2, 0) is 0 Å². The Hall–Kier alpha value is -1.37. The van der Waals surface area contributed by atoms with Gasteiger partial charge in [0.05, 0.1) is 10.7 Å². The second-order valence-electron chi connectivity index (χ2n) is 3.62. The molecule has 0 unspecified atom stereocenters. The summed E-state index contributed by atoms with van der Waals surface area (Å²) in [6.45, 7) is 1.90. The summed E-state index contributed by atoms with van der Waals surface area (Å²) >= 11 is 9.48. The van der Waals surface area contributed by atoms with Gasteiger partial charge in [-0.2, -0.15) is 4.98 Å². The van der Waals surface area contributed by atoms with Gasteiger partial charge in [-0.1, -0.05) is 27.5 Å². The summed E-state index contributed by atoms with van der Waals surface area (Å²) in [7, 11) is 0. The summed E-state index contributed by atoms with van der Waals surface area (Å²) in [6, 6.07) is 5.57. The van der Waals surface area contributed by atoms with Crippen molar-refractivity contribution < 1.29 is 0 Å². The number of halogens is 2. The Morgan fingerprint density at radius 3 is 2.83 bits per heavy atom. The number of anilines is 3. The third-order valence-corrected chi connectivity index (χ3v) is 3.09. The standard InChI is InChI=1S/C11H11BrClN5/c1-6-5-15-11(18-14)17-10(6)16-9-3-2-7(12)4-8(9)13/h2-5H,14H2,1H3,(H2,15,16,17,18). The van der Waals surface area contributed by atoms with Crippen molar-refractivity contribution in [2.45, 2.75) is 6.92 Å². The normalized spacial score (nSPS) is 10.2. The fourth-order valence-electron chi connectivity index (χ4n) is 1.36. The smallest absolute Gasteiger partial charge is 0.239 e. The Balaban J connectivity index is 2.33. The fraction of sp³-hybridized carbons (Fsp3) is 0.0909. The Kier molecular flexibility index (Phi) is 4.00.